The van der Waals surface area contributed by atoms with Crippen molar-refractivity contribution in [3.63, 3.8) is 0 Å². The lowest BCUT2D eigenvalue weighted by Crippen LogP contribution is -2.12. The van der Waals surface area contributed by atoms with Gasteiger partial charge in [-0.1, -0.05) is 13.8 Å². The molecule has 0 radical (unpaired) electrons. The molecule has 2 N–H and O–H groups in total. The van der Waals surface area contributed by atoms with E-state index in [0.717, 1.165) is 0 Å². The summed E-state index contributed by atoms with van der Waals surface area (Å²) in [4.78, 5) is 11.0. The molecule has 0 heterocycles. The van der Waals surface area contributed by atoms with Crippen LogP contribution >= 0.6 is 15.9 Å². The Morgan fingerprint density at radius 3 is 2.73 bits per heavy atom. The van der Waals surface area contributed by atoms with E-state index in [1.165, 1.54) is 0 Å². The normalized spacial score (nSPS) is 10.4. The van der Waals surface area contributed by atoms with Crippen molar-refractivity contribution in [1.82, 2.24) is 0 Å². The van der Waals surface area contributed by atoms with Gasteiger partial charge in [0, 0.05) is 4.47 Å². The second-order valence-electron chi connectivity index (χ2n) is 3.71. The van der Waals surface area contributed by atoms with Gasteiger partial charge in [-0.15, -0.1) is 0 Å². The Balaban J connectivity index is 2.83. The molecule has 0 aliphatic rings. The van der Waals surface area contributed by atoms with Crippen molar-refractivity contribution >= 4 is 21.8 Å². The number of hydrogen-bond acceptors (Lipinski definition) is 2. The van der Waals surface area contributed by atoms with E-state index in [9.17, 15) is 4.79 Å². The third-order valence-electron chi connectivity index (χ3n) is 1.79. The zero-order chi connectivity index (χ0) is 11.4. The van der Waals surface area contributed by atoms with Crippen LogP contribution in [-0.2, 0) is 0 Å². The number of hydrogen-bond donors (Lipinski definition) is 1. The lowest BCUT2D eigenvalue weighted by atomic mass is 10.2. The van der Waals surface area contributed by atoms with Crippen molar-refractivity contribution in [3.05, 3.63) is 28.2 Å². The van der Waals surface area contributed by atoms with Crippen LogP contribution in [0.2, 0.25) is 0 Å². The molecule has 0 aliphatic heterocycles. The van der Waals surface area contributed by atoms with Crippen LogP contribution in [0.4, 0.5) is 0 Å². The van der Waals surface area contributed by atoms with E-state index < -0.39 is 5.91 Å². The van der Waals surface area contributed by atoms with Crippen LogP contribution in [0.3, 0.4) is 0 Å². The molecule has 0 atom stereocenters. The van der Waals surface area contributed by atoms with Crippen molar-refractivity contribution < 1.29 is 9.53 Å². The number of primary amides is 1. The third-order valence-corrected chi connectivity index (χ3v) is 2.48. The first kappa shape index (κ1) is 12.0. The number of rotatable bonds is 4. The van der Waals surface area contributed by atoms with Crippen LogP contribution in [0.5, 0.6) is 5.75 Å². The number of halogens is 1. The van der Waals surface area contributed by atoms with Gasteiger partial charge in [0.15, 0.2) is 0 Å². The number of carbonyl (C=O) groups is 1. The van der Waals surface area contributed by atoms with Crippen molar-refractivity contribution in [1.29, 1.82) is 0 Å². The van der Waals surface area contributed by atoms with E-state index in [1.807, 2.05) is 0 Å². The SMILES string of the molecule is CC(C)COc1ccc(Br)c(C(N)=O)c1. The first-order chi connectivity index (χ1) is 7.00. The molecule has 0 aliphatic carbocycles. The van der Waals surface area contributed by atoms with Gasteiger partial charge in [-0.2, -0.15) is 0 Å². The Labute approximate surface area is 97.7 Å². The molecular weight excluding hydrogens is 258 g/mol. The van der Waals surface area contributed by atoms with E-state index in [4.69, 9.17) is 10.5 Å². The Bertz CT molecular complexity index is 364. The molecule has 4 heteroatoms. The first-order valence-electron chi connectivity index (χ1n) is 4.73. The topological polar surface area (TPSA) is 52.3 Å². The van der Waals surface area contributed by atoms with Gasteiger partial charge < -0.3 is 10.5 Å². The highest BCUT2D eigenvalue weighted by Crippen LogP contribution is 2.22. The van der Waals surface area contributed by atoms with E-state index in [2.05, 4.69) is 29.8 Å². The predicted octanol–water partition coefficient (Wildman–Crippen LogP) is 2.58. The van der Waals surface area contributed by atoms with Gasteiger partial charge in [-0.05, 0) is 40.0 Å². The number of amides is 1. The molecule has 0 bridgehead atoms. The lowest BCUT2D eigenvalue weighted by Gasteiger charge is -2.09. The minimum Gasteiger partial charge on any atom is -0.493 e. The van der Waals surface area contributed by atoms with E-state index in [1.54, 1.807) is 18.2 Å². The van der Waals surface area contributed by atoms with Crippen molar-refractivity contribution in [2.75, 3.05) is 6.61 Å². The second kappa shape index (κ2) is 5.16. The largest absolute Gasteiger partial charge is 0.493 e. The summed E-state index contributed by atoms with van der Waals surface area (Å²) in [7, 11) is 0. The van der Waals surface area contributed by atoms with Crippen molar-refractivity contribution in [2.45, 2.75) is 13.8 Å². The molecule has 0 saturated heterocycles. The maximum absolute atomic E-state index is 11.0. The first-order valence-corrected chi connectivity index (χ1v) is 5.52. The Morgan fingerprint density at radius 2 is 2.20 bits per heavy atom. The molecule has 0 aromatic heterocycles. The minimum absolute atomic E-state index is 0.441. The molecule has 1 amide bonds. The maximum Gasteiger partial charge on any atom is 0.249 e. The molecule has 0 fully saturated rings. The Hall–Kier alpha value is -1.03. The molecule has 1 aromatic rings. The number of benzene rings is 1. The third kappa shape index (κ3) is 3.55. The number of ether oxygens (including phenoxy) is 1. The number of carbonyl (C=O) groups excluding carboxylic acids is 1. The Kier molecular flexibility index (Phi) is 4.15. The predicted molar refractivity (Wildman–Crippen MR) is 63.0 cm³/mol. The molecule has 0 unspecified atom stereocenters. The van der Waals surface area contributed by atoms with Gasteiger partial charge in [0.05, 0.1) is 12.2 Å². The van der Waals surface area contributed by atoms with E-state index in [0.29, 0.717) is 28.3 Å². The minimum atomic E-state index is -0.461. The monoisotopic (exact) mass is 271 g/mol. The summed E-state index contributed by atoms with van der Waals surface area (Å²) in [5.41, 5.74) is 5.66. The molecular formula is C11H14BrNO2. The molecule has 82 valence electrons. The van der Waals surface area contributed by atoms with Gasteiger partial charge in [0.2, 0.25) is 5.91 Å². The van der Waals surface area contributed by atoms with Gasteiger partial charge in [0.25, 0.3) is 0 Å². The van der Waals surface area contributed by atoms with Gasteiger partial charge in [-0.25, -0.2) is 0 Å². The van der Waals surface area contributed by atoms with Gasteiger partial charge in [0.1, 0.15) is 5.75 Å². The molecule has 1 rings (SSSR count). The summed E-state index contributed by atoms with van der Waals surface area (Å²) in [6.07, 6.45) is 0. The summed E-state index contributed by atoms with van der Waals surface area (Å²) < 4.78 is 6.17. The molecule has 0 saturated carbocycles. The molecule has 3 nitrogen and oxygen atoms in total. The zero-order valence-electron chi connectivity index (χ0n) is 8.79. The van der Waals surface area contributed by atoms with Crippen molar-refractivity contribution in [3.8, 4) is 5.75 Å². The fraction of sp³-hybridized carbons (Fsp3) is 0.364. The van der Waals surface area contributed by atoms with Crippen LogP contribution in [0.1, 0.15) is 24.2 Å². The zero-order valence-corrected chi connectivity index (χ0v) is 10.4. The quantitative estimate of drug-likeness (QED) is 0.915. The van der Waals surface area contributed by atoms with Crippen LogP contribution in [0.15, 0.2) is 22.7 Å². The highest BCUT2D eigenvalue weighted by Gasteiger charge is 2.07. The van der Waals surface area contributed by atoms with E-state index >= 15 is 0 Å². The molecule has 15 heavy (non-hydrogen) atoms. The fourth-order valence-electron chi connectivity index (χ4n) is 1.05. The highest BCUT2D eigenvalue weighted by atomic mass is 79.9. The smallest absolute Gasteiger partial charge is 0.249 e. The van der Waals surface area contributed by atoms with E-state index in [-0.39, 0.29) is 0 Å². The van der Waals surface area contributed by atoms with Crippen LogP contribution < -0.4 is 10.5 Å². The highest BCUT2D eigenvalue weighted by molar-refractivity contribution is 9.10. The maximum atomic E-state index is 11.0. The molecule has 1 aromatic carbocycles. The lowest BCUT2D eigenvalue weighted by molar-refractivity contribution is 0.0999. The fourth-order valence-corrected chi connectivity index (χ4v) is 1.49. The van der Waals surface area contributed by atoms with Gasteiger partial charge in [-0.3, -0.25) is 4.79 Å². The molecule has 0 spiro atoms. The average molecular weight is 272 g/mol. The van der Waals surface area contributed by atoms with Crippen LogP contribution in [0.25, 0.3) is 0 Å². The summed E-state index contributed by atoms with van der Waals surface area (Å²) in [5.74, 6) is 0.656. The number of nitrogens with two attached hydrogens (primary N) is 1. The van der Waals surface area contributed by atoms with Crippen LogP contribution in [-0.4, -0.2) is 12.5 Å². The summed E-state index contributed by atoms with van der Waals surface area (Å²) in [6.45, 7) is 4.75. The Morgan fingerprint density at radius 1 is 1.53 bits per heavy atom. The summed E-state index contributed by atoms with van der Waals surface area (Å²) in [6, 6.07) is 5.21. The van der Waals surface area contributed by atoms with Crippen LogP contribution in [0, 0.1) is 5.92 Å². The summed E-state index contributed by atoms with van der Waals surface area (Å²) in [5, 5.41) is 0. The van der Waals surface area contributed by atoms with Crippen molar-refractivity contribution in [2.24, 2.45) is 11.7 Å². The average Bonchev–Trinajstić information content (AvgIpc) is 2.16. The van der Waals surface area contributed by atoms with Gasteiger partial charge >= 0.3 is 0 Å². The standard InChI is InChI=1S/C11H14BrNO2/c1-7(2)6-15-8-3-4-10(12)9(5-8)11(13)14/h3-5,7H,6H2,1-2H3,(H2,13,14). The second-order valence-corrected chi connectivity index (χ2v) is 4.57. The summed E-state index contributed by atoms with van der Waals surface area (Å²) >= 11 is 3.25.